The molecule has 0 saturated carbocycles. The third-order valence-corrected chi connectivity index (χ3v) is 8.38. The summed E-state index contributed by atoms with van der Waals surface area (Å²) in [6.07, 6.45) is 2.31. The molecule has 1 saturated heterocycles. The van der Waals surface area contributed by atoms with Crippen LogP contribution in [0.3, 0.4) is 0 Å². The molecule has 1 N–H and O–H groups in total. The van der Waals surface area contributed by atoms with Crippen molar-refractivity contribution >= 4 is 33.0 Å². The Bertz CT molecular complexity index is 1210. The van der Waals surface area contributed by atoms with Gasteiger partial charge < -0.3 is 5.32 Å². The zero-order valence-electron chi connectivity index (χ0n) is 17.5. The average molecular weight is 475 g/mol. The molecule has 32 heavy (non-hydrogen) atoms. The van der Waals surface area contributed by atoms with Crippen molar-refractivity contribution in [3.05, 3.63) is 69.9 Å². The SMILES string of the molecule is CCc1ccc(S(=O)(=O)N2CCC[C@@H](c3nnc(C(=O)Nc4cccc(F)c4)s3)C2)cc1. The van der Waals surface area contributed by atoms with Crippen molar-refractivity contribution in [1.82, 2.24) is 14.5 Å². The molecule has 1 aromatic heterocycles. The molecule has 1 atom stereocenters. The molecule has 2 heterocycles. The lowest BCUT2D eigenvalue weighted by molar-refractivity contribution is 0.102. The Balaban J connectivity index is 1.46. The number of sulfonamides is 1. The van der Waals surface area contributed by atoms with Gasteiger partial charge in [0.1, 0.15) is 10.8 Å². The van der Waals surface area contributed by atoms with Gasteiger partial charge in [0.2, 0.25) is 15.0 Å². The van der Waals surface area contributed by atoms with Crippen LogP contribution in [-0.4, -0.2) is 41.9 Å². The van der Waals surface area contributed by atoms with Gasteiger partial charge in [0.15, 0.2) is 0 Å². The minimum Gasteiger partial charge on any atom is -0.320 e. The summed E-state index contributed by atoms with van der Waals surface area (Å²) >= 11 is 1.13. The van der Waals surface area contributed by atoms with E-state index in [9.17, 15) is 17.6 Å². The van der Waals surface area contributed by atoms with Crippen LogP contribution < -0.4 is 5.32 Å². The first-order chi connectivity index (χ1) is 15.4. The second-order valence-corrected chi connectivity index (χ2v) is 10.6. The normalized spacial score (nSPS) is 17.2. The van der Waals surface area contributed by atoms with Crippen LogP contribution in [0.2, 0.25) is 0 Å². The number of rotatable bonds is 6. The van der Waals surface area contributed by atoms with E-state index in [1.54, 1.807) is 18.2 Å². The highest BCUT2D eigenvalue weighted by atomic mass is 32.2. The number of aryl methyl sites for hydroxylation is 1. The molecule has 1 aliphatic rings. The van der Waals surface area contributed by atoms with E-state index in [1.807, 2.05) is 19.1 Å². The van der Waals surface area contributed by atoms with E-state index in [0.717, 1.165) is 29.7 Å². The molecule has 168 valence electrons. The number of benzene rings is 2. The molecule has 0 bridgehead atoms. The molecule has 1 aliphatic heterocycles. The van der Waals surface area contributed by atoms with Gasteiger partial charge in [-0.25, -0.2) is 12.8 Å². The van der Waals surface area contributed by atoms with Crippen molar-refractivity contribution in [1.29, 1.82) is 0 Å². The number of hydrogen-bond donors (Lipinski definition) is 1. The van der Waals surface area contributed by atoms with Crippen molar-refractivity contribution in [3.8, 4) is 0 Å². The zero-order chi connectivity index (χ0) is 22.7. The van der Waals surface area contributed by atoms with E-state index in [2.05, 4.69) is 15.5 Å². The van der Waals surface area contributed by atoms with Crippen LogP contribution in [0.4, 0.5) is 10.1 Å². The molecule has 1 fully saturated rings. The van der Waals surface area contributed by atoms with E-state index >= 15 is 0 Å². The maximum atomic E-state index is 13.3. The molecule has 0 spiro atoms. The highest BCUT2D eigenvalue weighted by molar-refractivity contribution is 7.89. The summed E-state index contributed by atoms with van der Waals surface area (Å²) in [6, 6.07) is 12.6. The van der Waals surface area contributed by atoms with E-state index in [1.165, 1.54) is 22.5 Å². The summed E-state index contributed by atoms with van der Waals surface area (Å²) < 4.78 is 41.0. The van der Waals surface area contributed by atoms with E-state index in [0.29, 0.717) is 23.7 Å². The molecular weight excluding hydrogens is 451 g/mol. The van der Waals surface area contributed by atoms with Crippen molar-refractivity contribution < 1.29 is 17.6 Å². The zero-order valence-corrected chi connectivity index (χ0v) is 19.1. The lowest BCUT2D eigenvalue weighted by atomic mass is 10.0. The van der Waals surface area contributed by atoms with Crippen molar-refractivity contribution in [3.63, 3.8) is 0 Å². The van der Waals surface area contributed by atoms with Crippen molar-refractivity contribution in [2.45, 2.75) is 37.0 Å². The average Bonchev–Trinajstić information content (AvgIpc) is 3.30. The van der Waals surface area contributed by atoms with Crippen LogP contribution in [0.15, 0.2) is 53.4 Å². The first kappa shape index (κ1) is 22.5. The first-order valence-electron chi connectivity index (χ1n) is 10.4. The molecule has 7 nitrogen and oxygen atoms in total. The molecule has 2 aromatic carbocycles. The monoisotopic (exact) mass is 474 g/mol. The predicted octanol–water partition coefficient (Wildman–Crippen LogP) is 4.06. The Kier molecular flexibility index (Phi) is 6.63. The maximum absolute atomic E-state index is 13.3. The number of carbonyl (C=O) groups is 1. The van der Waals surface area contributed by atoms with Gasteiger partial charge in [-0.15, -0.1) is 10.2 Å². The van der Waals surface area contributed by atoms with E-state index in [4.69, 9.17) is 0 Å². The molecule has 0 unspecified atom stereocenters. The molecule has 0 aliphatic carbocycles. The minimum atomic E-state index is -3.61. The fourth-order valence-corrected chi connectivity index (χ4v) is 6.04. The Morgan fingerprint density at radius 1 is 1.22 bits per heavy atom. The van der Waals surface area contributed by atoms with Crippen LogP contribution in [0.5, 0.6) is 0 Å². The van der Waals surface area contributed by atoms with Crippen LogP contribution in [0.25, 0.3) is 0 Å². The summed E-state index contributed by atoms with van der Waals surface area (Å²) in [5.41, 5.74) is 1.41. The van der Waals surface area contributed by atoms with Gasteiger partial charge in [0.25, 0.3) is 5.91 Å². The number of nitrogens with zero attached hydrogens (tertiary/aromatic N) is 3. The predicted molar refractivity (Wildman–Crippen MR) is 121 cm³/mol. The van der Waals surface area contributed by atoms with Gasteiger partial charge in [-0.2, -0.15) is 4.31 Å². The third-order valence-electron chi connectivity index (χ3n) is 5.42. The first-order valence-corrected chi connectivity index (χ1v) is 12.6. The number of hydrogen-bond acceptors (Lipinski definition) is 6. The quantitative estimate of drug-likeness (QED) is 0.582. The summed E-state index contributed by atoms with van der Waals surface area (Å²) in [7, 11) is -3.61. The largest absolute Gasteiger partial charge is 0.320 e. The standard InChI is InChI=1S/C22H23FN4O3S2/c1-2-15-8-10-19(11-9-15)32(29,30)27-12-4-5-16(14-27)21-25-26-22(31-21)20(28)24-18-7-3-6-17(23)13-18/h3,6-11,13,16H,2,4-5,12,14H2,1H3,(H,24,28)/t16-/m1/s1. The Morgan fingerprint density at radius 3 is 2.72 bits per heavy atom. The number of amides is 1. The van der Waals surface area contributed by atoms with Gasteiger partial charge in [-0.05, 0) is 55.2 Å². The second-order valence-electron chi connectivity index (χ2n) is 7.61. The number of halogens is 1. The van der Waals surface area contributed by atoms with Gasteiger partial charge in [-0.3, -0.25) is 4.79 Å². The second kappa shape index (κ2) is 9.43. The number of nitrogens with one attached hydrogen (secondary N) is 1. The lowest BCUT2D eigenvalue weighted by Crippen LogP contribution is -2.39. The van der Waals surface area contributed by atoms with Crippen LogP contribution in [0, 0.1) is 5.82 Å². The van der Waals surface area contributed by atoms with E-state index < -0.39 is 21.7 Å². The minimum absolute atomic E-state index is 0.137. The molecule has 3 aromatic rings. The maximum Gasteiger partial charge on any atom is 0.286 e. The molecular formula is C22H23FN4O3S2. The highest BCUT2D eigenvalue weighted by Gasteiger charge is 2.32. The summed E-state index contributed by atoms with van der Waals surface area (Å²) in [5, 5.41) is 11.5. The Hall–Kier alpha value is -2.69. The Labute approximate surface area is 190 Å². The van der Waals surface area contributed by atoms with E-state index in [-0.39, 0.29) is 22.4 Å². The van der Waals surface area contributed by atoms with Gasteiger partial charge >= 0.3 is 0 Å². The number of aromatic nitrogens is 2. The molecule has 0 radical (unpaired) electrons. The summed E-state index contributed by atoms with van der Waals surface area (Å²) in [4.78, 5) is 12.7. The van der Waals surface area contributed by atoms with Crippen LogP contribution in [0.1, 0.15) is 46.1 Å². The molecule has 10 heteroatoms. The number of carbonyl (C=O) groups excluding carboxylic acids is 1. The fourth-order valence-electron chi connectivity index (χ4n) is 3.65. The topological polar surface area (TPSA) is 92.3 Å². The van der Waals surface area contributed by atoms with Crippen LogP contribution >= 0.6 is 11.3 Å². The number of anilines is 1. The van der Waals surface area contributed by atoms with Crippen molar-refractivity contribution in [2.24, 2.45) is 0 Å². The number of piperidine rings is 1. The van der Waals surface area contributed by atoms with Gasteiger partial charge in [0.05, 0.1) is 4.90 Å². The van der Waals surface area contributed by atoms with Crippen LogP contribution in [-0.2, 0) is 16.4 Å². The lowest BCUT2D eigenvalue weighted by Gasteiger charge is -2.30. The summed E-state index contributed by atoms with van der Waals surface area (Å²) in [5.74, 6) is -1.06. The fraction of sp³-hybridized carbons (Fsp3) is 0.318. The molecule has 4 rings (SSSR count). The third kappa shape index (κ3) is 4.87. The molecule has 1 amide bonds. The van der Waals surface area contributed by atoms with Gasteiger partial charge in [0, 0.05) is 24.7 Å². The van der Waals surface area contributed by atoms with Crippen molar-refractivity contribution in [2.75, 3.05) is 18.4 Å². The summed E-state index contributed by atoms with van der Waals surface area (Å²) in [6.45, 7) is 2.76. The van der Waals surface area contributed by atoms with Gasteiger partial charge in [-0.1, -0.05) is 36.5 Å². The smallest absolute Gasteiger partial charge is 0.286 e. The Morgan fingerprint density at radius 2 is 2.00 bits per heavy atom. The highest BCUT2D eigenvalue weighted by Crippen LogP contribution is 2.32.